The van der Waals surface area contributed by atoms with Crippen molar-refractivity contribution in [3.8, 4) is 0 Å². The molecule has 1 aliphatic rings. The number of nitrogens with two attached hydrogens (primary N) is 1. The van der Waals surface area contributed by atoms with Crippen molar-refractivity contribution in [1.82, 2.24) is 4.90 Å². The van der Waals surface area contributed by atoms with Gasteiger partial charge in [-0.1, -0.05) is 13.8 Å². The van der Waals surface area contributed by atoms with Crippen LogP contribution in [0.3, 0.4) is 0 Å². The number of likely N-dealkylation sites (tertiary alicyclic amines) is 1. The fourth-order valence-corrected chi connectivity index (χ4v) is 1.62. The van der Waals surface area contributed by atoms with Gasteiger partial charge in [-0.25, -0.2) is 0 Å². The maximum Gasteiger partial charge on any atom is 0.306 e. The van der Waals surface area contributed by atoms with E-state index in [9.17, 15) is 9.59 Å². The predicted molar refractivity (Wildman–Crippen MR) is 55.1 cm³/mol. The lowest BCUT2D eigenvalue weighted by Gasteiger charge is -2.42. The molecule has 1 fully saturated rings. The van der Waals surface area contributed by atoms with Crippen molar-refractivity contribution in [3.05, 3.63) is 0 Å². The molecule has 1 aliphatic heterocycles. The fourth-order valence-electron chi connectivity index (χ4n) is 1.62. The lowest BCUT2D eigenvalue weighted by atomic mass is 9.86. The van der Waals surface area contributed by atoms with Gasteiger partial charge in [-0.05, 0) is 6.42 Å². The van der Waals surface area contributed by atoms with Gasteiger partial charge >= 0.3 is 5.97 Å². The van der Waals surface area contributed by atoms with E-state index >= 15 is 0 Å². The maximum absolute atomic E-state index is 11.5. The number of nitrogens with zero attached hydrogens (tertiary/aromatic N) is 1. The molecule has 3 N–H and O–H groups in total. The van der Waals surface area contributed by atoms with Gasteiger partial charge in [0, 0.05) is 19.0 Å². The molecular formula is C10H18N2O3. The predicted octanol–water partition coefficient (Wildman–Crippen LogP) is -0.0972. The van der Waals surface area contributed by atoms with E-state index in [4.69, 9.17) is 10.8 Å². The Kier molecular flexibility index (Phi) is 3.68. The molecular weight excluding hydrogens is 196 g/mol. The smallest absolute Gasteiger partial charge is 0.306 e. The zero-order chi connectivity index (χ0) is 11.6. The Morgan fingerprint density at radius 3 is 2.47 bits per heavy atom. The summed E-state index contributed by atoms with van der Waals surface area (Å²) in [6.07, 6.45) is 0.620. The molecule has 1 amide bonds. The summed E-state index contributed by atoms with van der Waals surface area (Å²) in [4.78, 5) is 23.9. The molecule has 0 spiro atoms. The second-order valence-electron chi connectivity index (χ2n) is 4.14. The molecule has 0 aromatic rings. The number of carboxylic acid groups (broad SMARTS) is 1. The topological polar surface area (TPSA) is 83.6 Å². The Hall–Kier alpha value is -1.10. The molecule has 0 saturated carbocycles. The minimum absolute atomic E-state index is 0.0636. The van der Waals surface area contributed by atoms with Crippen molar-refractivity contribution in [2.24, 2.45) is 17.6 Å². The second-order valence-corrected chi connectivity index (χ2v) is 4.14. The van der Waals surface area contributed by atoms with Crippen LogP contribution in [0.5, 0.6) is 0 Å². The Balaban J connectivity index is 2.37. The first kappa shape index (κ1) is 12.0. The van der Waals surface area contributed by atoms with Crippen LogP contribution in [0.1, 0.15) is 20.3 Å². The number of carboxylic acids is 1. The highest BCUT2D eigenvalue weighted by molar-refractivity contribution is 5.82. The number of hydrogen-bond donors (Lipinski definition) is 2. The summed E-state index contributed by atoms with van der Waals surface area (Å²) >= 11 is 0. The van der Waals surface area contributed by atoms with Crippen LogP contribution in [0.15, 0.2) is 0 Å². The summed E-state index contributed by atoms with van der Waals surface area (Å²) < 4.78 is 0. The molecule has 0 aromatic carbocycles. The van der Waals surface area contributed by atoms with Gasteiger partial charge in [0.15, 0.2) is 0 Å². The van der Waals surface area contributed by atoms with Gasteiger partial charge in [-0.3, -0.25) is 9.59 Å². The zero-order valence-corrected chi connectivity index (χ0v) is 9.14. The summed E-state index contributed by atoms with van der Waals surface area (Å²) in [5, 5.41) is 8.77. The van der Waals surface area contributed by atoms with E-state index in [1.54, 1.807) is 11.8 Å². The molecule has 0 aromatic heterocycles. The minimum atomic E-state index is -0.799. The third kappa shape index (κ3) is 2.47. The quantitative estimate of drug-likeness (QED) is 0.684. The summed E-state index contributed by atoms with van der Waals surface area (Å²) in [5.74, 6) is -1.17. The zero-order valence-electron chi connectivity index (χ0n) is 9.14. The van der Waals surface area contributed by atoms with Crippen LogP contribution in [-0.4, -0.2) is 41.0 Å². The van der Waals surface area contributed by atoms with E-state index in [-0.39, 0.29) is 17.7 Å². The van der Waals surface area contributed by atoms with Gasteiger partial charge in [-0.2, -0.15) is 0 Å². The van der Waals surface area contributed by atoms with Crippen LogP contribution >= 0.6 is 0 Å². The SMILES string of the molecule is CC[C@@H](N)C(=O)N1CC(C(C)C(=O)O)C1. The molecule has 15 heavy (non-hydrogen) atoms. The van der Waals surface area contributed by atoms with E-state index in [0.717, 1.165) is 0 Å². The summed E-state index contributed by atoms with van der Waals surface area (Å²) in [6, 6.07) is -0.439. The first-order chi connectivity index (χ1) is 6.97. The average Bonchev–Trinajstić information content (AvgIpc) is 2.13. The first-order valence-corrected chi connectivity index (χ1v) is 5.24. The number of aliphatic carboxylic acids is 1. The Morgan fingerprint density at radius 1 is 1.53 bits per heavy atom. The highest BCUT2D eigenvalue weighted by Gasteiger charge is 2.38. The lowest BCUT2D eigenvalue weighted by molar-refractivity contribution is -0.151. The van der Waals surface area contributed by atoms with Crippen molar-refractivity contribution in [2.45, 2.75) is 26.3 Å². The molecule has 2 atom stereocenters. The second kappa shape index (κ2) is 4.61. The van der Waals surface area contributed by atoms with Crippen LogP contribution < -0.4 is 5.73 Å². The minimum Gasteiger partial charge on any atom is -0.481 e. The maximum atomic E-state index is 11.5. The average molecular weight is 214 g/mol. The summed E-state index contributed by atoms with van der Waals surface area (Å²) in [5.41, 5.74) is 5.60. The number of hydrogen-bond acceptors (Lipinski definition) is 3. The van der Waals surface area contributed by atoms with Crippen molar-refractivity contribution >= 4 is 11.9 Å². The summed E-state index contributed by atoms with van der Waals surface area (Å²) in [6.45, 7) is 4.59. The molecule has 0 bridgehead atoms. The highest BCUT2D eigenvalue weighted by Crippen LogP contribution is 2.24. The molecule has 1 rings (SSSR count). The largest absolute Gasteiger partial charge is 0.481 e. The number of carbonyl (C=O) groups is 2. The summed E-state index contributed by atoms with van der Waals surface area (Å²) in [7, 11) is 0. The van der Waals surface area contributed by atoms with Crippen LogP contribution in [0, 0.1) is 11.8 Å². The van der Waals surface area contributed by atoms with Gasteiger partial charge in [0.25, 0.3) is 0 Å². The van der Waals surface area contributed by atoms with Crippen molar-refractivity contribution in [3.63, 3.8) is 0 Å². The molecule has 1 saturated heterocycles. The highest BCUT2D eigenvalue weighted by atomic mass is 16.4. The standard InChI is InChI=1S/C10H18N2O3/c1-3-8(11)9(13)12-4-7(5-12)6(2)10(14)15/h6-8H,3-5,11H2,1-2H3,(H,14,15)/t6?,8-/m1/s1. The molecule has 1 heterocycles. The van der Waals surface area contributed by atoms with Crippen LogP contribution in [-0.2, 0) is 9.59 Å². The lowest BCUT2D eigenvalue weighted by Crippen LogP contribution is -2.57. The number of carbonyl (C=O) groups excluding carboxylic acids is 1. The molecule has 1 unspecified atom stereocenters. The monoisotopic (exact) mass is 214 g/mol. The van der Waals surface area contributed by atoms with Gasteiger partial charge < -0.3 is 15.7 Å². The first-order valence-electron chi connectivity index (χ1n) is 5.24. The van der Waals surface area contributed by atoms with E-state index in [2.05, 4.69) is 0 Å². The van der Waals surface area contributed by atoms with Crippen LogP contribution in [0.4, 0.5) is 0 Å². The van der Waals surface area contributed by atoms with Gasteiger partial charge in [-0.15, -0.1) is 0 Å². The molecule has 0 aliphatic carbocycles. The van der Waals surface area contributed by atoms with E-state index < -0.39 is 12.0 Å². The van der Waals surface area contributed by atoms with Crippen molar-refractivity contribution in [1.29, 1.82) is 0 Å². The molecule has 0 radical (unpaired) electrons. The number of amides is 1. The van der Waals surface area contributed by atoms with Gasteiger partial charge in [0.1, 0.15) is 0 Å². The van der Waals surface area contributed by atoms with Crippen molar-refractivity contribution < 1.29 is 14.7 Å². The van der Waals surface area contributed by atoms with E-state index in [1.807, 2.05) is 6.92 Å². The van der Waals surface area contributed by atoms with E-state index in [0.29, 0.717) is 19.5 Å². The van der Waals surface area contributed by atoms with E-state index in [1.165, 1.54) is 0 Å². The van der Waals surface area contributed by atoms with Gasteiger partial charge in [0.2, 0.25) is 5.91 Å². The van der Waals surface area contributed by atoms with Crippen LogP contribution in [0.2, 0.25) is 0 Å². The normalized spacial score (nSPS) is 20.6. The van der Waals surface area contributed by atoms with Crippen molar-refractivity contribution in [2.75, 3.05) is 13.1 Å². The van der Waals surface area contributed by atoms with Crippen LogP contribution in [0.25, 0.3) is 0 Å². The molecule has 5 heteroatoms. The fraction of sp³-hybridized carbons (Fsp3) is 0.800. The molecule has 86 valence electrons. The van der Waals surface area contributed by atoms with Gasteiger partial charge in [0.05, 0.1) is 12.0 Å². The Bertz CT molecular complexity index is 261. The molecule has 5 nitrogen and oxygen atoms in total. The third-order valence-electron chi connectivity index (χ3n) is 3.08. The Morgan fingerprint density at radius 2 is 2.07 bits per heavy atom. The number of rotatable bonds is 4. The third-order valence-corrected chi connectivity index (χ3v) is 3.08. The Labute approximate surface area is 89.2 Å².